The van der Waals surface area contributed by atoms with Crippen LogP contribution >= 0.6 is 0 Å². The number of unbranched alkanes of at least 4 members (excludes halogenated alkanes) is 4. The molecule has 0 aromatic rings. The lowest BCUT2D eigenvalue weighted by Gasteiger charge is -2.08. The first-order valence-electron chi connectivity index (χ1n) is 9.51. The zero-order chi connectivity index (χ0) is 19.6. The van der Waals surface area contributed by atoms with Gasteiger partial charge in [0.05, 0.1) is 0 Å². The van der Waals surface area contributed by atoms with E-state index in [2.05, 4.69) is 20.9 Å². The fourth-order valence-corrected chi connectivity index (χ4v) is 2.19. The Balaban J connectivity index is 3.43. The fourth-order valence-electron chi connectivity index (χ4n) is 2.19. The van der Waals surface area contributed by atoms with Crippen LogP contribution in [-0.2, 0) is 9.59 Å². The van der Waals surface area contributed by atoms with Crippen LogP contribution in [-0.4, -0.2) is 56.5 Å². The molecular weight excluding hydrogens is 334 g/mol. The van der Waals surface area contributed by atoms with E-state index in [9.17, 15) is 9.59 Å². The molecule has 0 aliphatic carbocycles. The molecule has 1 unspecified atom stereocenters. The van der Waals surface area contributed by atoms with Gasteiger partial charge >= 0.3 is 11.8 Å². The van der Waals surface area contributed by atoms with Gasteiger partial charge in [0.1, 0.15) is 0 Å². The minimum atomic E-state index is -0.569. The maximum Gasteiger partial charge on any atom is 0.309 e. The van der Waals surface area contributed by atoms with Gasteiger partial charge in [-0.05, 0) is 52.1 Å². The highest BCUT2D eigenvalue weighted by Crippen LogP contribution is 1.98. The molecule has 0 aromatic carbocycles. The molecule has 9 nitrogen and oxygen atoms in total. The van der Waals surface area contributed by atoms with Crippen molar-refractivity contribution in [3.63, 3.8) is 0 Å². The molecule has 0 rings (SSSR count). The van der Waals surface area contributed by atoms with Crippen LogP contribution in [0.25, 0.3) is 0 Å². The predicted octanol–water partition coefficient (Wildman–Crippen LogP) is -0.840. The summed E-state index contributed by atoms with van der Waals surface area (Å²) in [6, 6.07) is 0.213. The molecule has 0 saturated heterocycles. The van der Waals surface area contributed by atoms with E-state index in [4.69, 9.17) is 17.2 Å². The van der Waals surface area contributed by atoms with Crippen LogP contribution in [0, 0.1) is 0 Å². The number of carbonyl (C=O) groups excluding carboxylic acids is 2. The third kappa shape index (κ3) is 17.0. The number of guanidine groups is 1. The van der Waals surface area contributed by atoms with E-state index in [1.165, 1.54) is 0 Å². The van der Waals surface area contributed by atoms with Gasteiger partial charge in [-0.2, -0.15) is 0 Å². The molecule has 0 aliphatic rings. The molecule has 9 N–H and O–H groups in total. The molecule has 0 spiro atoms. The topological polar surface area (TPSA) is 161 Å². The lowest BCUT2D eigenvalue weighted by Crippen LogP contribution is -2.40. The zero-order valence-corrected chi connectivity index (χ0v) is 16.1. The Labute approximate surface area is 156 Å². The quantitative estimate of drug-likeness (QED) is 0.0952. The van der Waals surface area contributed by atoms with Gasteiger partial charge in [0, 0.05) is 25.7 Å². The highest BCUT2D eigenvalue weighted by molar-refractivity contribution is 6.35. The average molecular weight is 372 g/mol. The summed E-state index contributed by atoms with van der Waals surface area (Å²) < 4.78 is 0. The van der Waals surface area contributed by atoms with Crippen molar-refractivity contribution in [2.75, 3.05) is 32.7 Å². The molecule has 9 heteroatoms. The number of hydrogen-bond acceptors (Lipinski definition) is 5. The summed E-state index contributed by atoms with van der Waals surface area (Å²) in [4.78, 5) is 27.2. The maximum atomic E-state index is 11.6. The van der Waals surface area contributed by atoms with Crippen molar-refractivity contribution in [2.24, 2.45) is 22.2 Å². The number of amides is 2. The van der Waals surface area contributed by atoms with Crippen LogP contribution in [0.5, 0.6) is 0 Å². The van der Waals surface area contributed by atoms with E-state index in [-0.39, 0.29) is 12.0 Å². The predicted molar refractivity (Wildman–Crippen MR) is 106 cm³/mol. The second-order valence-electron chi connectivity index (χ2n) is 6.46. The van der Waals surface area contributed by atoms with Crippen LogP contribution in [0.3, 0.4) is 0 Å². The Kier molecular flexibility index (Phi) is 15.4. The first-order valence-corrected chi connectivity index (χ1v) is 9.51. The Bertz CT molecular complexity index is 410. The van der Waals surface area contributed by atoms with Gasteiger partial charge in [-0.1, -0.05) is 12.8 Å². The molecule has 0 heterocycles. The molecule has 1 atom stereocenters. The standard InChI is InChI=1S/C17H37N7O2/c1-14(18)8-13-21-9-6-7-11-23-16(26)15(25)22-10-4-2-3-5-12-24-17(19)20/h14,21H,2-13,18H2,1H3,(H,22,25)(H,23,26)(H4,19,20,24). The summed E-state index contributed by atoms with van der Waals surface area (Å²) >= 11 is 0. The Morgan fingerprint density at radius 2 is 1.38 bits per heavy atom. The smallest absolute Gasteiger partial charge is 0.309 e. The zero-order valence-electron chi connectivity index (χ0n) is 16.1. The summed E-state index contributed by atoms with van der Waals surface area (Å²) in [7, 11) is 0. The Hall–Kier alpha value is -1.87. The minimum absolute atomic E-state index is 0.112. The molecular formula is C17H37N7O2. The van der Waals surface area contributed by atoms with Crippen molar-refractivity contribution < 1.29 is 9.59 Å². The molecule has 0 saturated carbocycles. The van der Waals surface area contributed by atoms with Crippen molar-refractivity contribution in [1.29, 1.82) is 0 Å². The summed E-state index contributed by atoms with van der Waals surface area (Å²) in [5.41, 5.74) is 16.1. The highest BCUT2D eigenvalue weighted by Gasteiger charge is 2.11. The normalized spacial score (nSPS) is 11.6. The van der Waals surface area contributed by atoms with Crippen molar-refractivity contribution in [3.8, 4) is 0 Å². The molecule has 2 amide bonds. The van der Waals surface area contributed by atoms with Gasteiger partial charge in [0.25, 0.3) is 0 Å². The third-order valence-electron chi connectivity index (χ3n) is 3.71. The van der Waals surface area contributed by atoms with Crippen LogP contribution in [0.2, 0.25) is 0 Å². The number of rotatable bonds is 15. The maximum absolute atomic E-state index is 11.6. The molecule has 0 fully saturated rings. The Morgan fingerprint density at radius 3 is 1.96 bits per heavy atom. The van der Waals surface area contributed by atoms with Crippen LogP contribution in [0.4, 0.5) is 0 Å². The summed E-state index contributed by atoms with van der Waals surface area (Å²) in [6.07, 6.45) is 6.41. The SMILES string of the molecule is CC(N)CCNCCCCNC(=O)C(=O)NCCCCCCN=C(N)N. The van der Waals surface area contributed by atoms with E-state index in [1.807, 2.05) is 6.92 Å². The number of nitrogens with one attached hydrogen (secondary N) is 3. The summed E-state index contributed by atoms with van der Waals surface area (Å²) in [5.74, 6) is -1.02. The van der Waals surface area contributed by atoms with Crippen LogP contribution in [0.1, 0.15) is 51.9 Å². The van der Waals surface area contributed by atoms with E-state index in [0.717, 1.165) is 58.0 Å². The first kappa shape index (κ1) is 24.1. The van der Waals surface area contributed by atoms with Gasteiger partial charge < -0.3 is 33.2 Å². The number of nitrogens with two attached hydrogens (primary N) is 3. The number of carbonyl (C=O) groups is 2. The highest BCUT2D eigenvalue weighted by atomic mass is 16.2. The van der Waals surface area contributed by atoms with Crippen LogP contribution < -0.4 is 33.2 Å². The summed E-state index contributed by atoms with van der Waals surface area (Å²) in [5, 5.41) is 8.56. The molecule has 0 aliphatic heterocycles. The van der Waals surface area contributed by atoms with Crippen LogP contribution in [0.15, 0.2) is 4.99 Å². The molecule has 0 bridgehead atoms. The van der Waals surface area contributed by atoms with Crippen molar-refractivity contribution >= 4 is 17.8 Å². The summed E-state index contributed by atoms with van der Waals surface area (Å²) in [6.45, 7) is 5.40. The first-order chi connectivity index (χ1) is 12.4. The minimum Gasteiger partial charge on any atom is -0.370 e. The van der Waals surface area contributed by atoms with E-state index < -0.39 is 11.8 Å². The lowest BCUT2D eigenvalue weighted by molar-refractivity contribution is -0.139. The van der Waals surface area contributed by atoms with Gasteiger partial charge in [-0.25, -0.2) is 0 Å². The van der Waals surface area contributed by atoms with E-state index >= 15 is 0 Å². The van der Waals surface area contributed by atoms with E-state index in [1.54, 1.807) is 0 Å². The van der Waals surface area contributed by atoms with Crippen molar-refractivity contribution in [3.05, 3.63) is 0 Å². The number of hydrogen-bond donors (Lipinski definition) is 6. The lowest BCUT2D eigenvalue weighted by atomic mass is 10.2. The molecule has 0 radical (unpaired) electrons. The fraction of sp³-hybridized carbons (Fsp3) is 0.824. The number of aliphatic imine (C=N–C) groups is 1. The second-order valence-corrected chi connectivity index (χ2v) is 6.46. The third-order valence-corrected chi connectivity index (χ3v) is 3.71. The molecule has 152 valence electrons. The molecule has 0 aromatic heterocycles. The van der Waals surface area contributed by atoms with Gasteiger partial charge in [0.15, 0.2) is 5.96 Å². The average Bonchev–Trinajstić information content (AvgIpc) is 2.58. The van der Waals surface area contributed by atoms with Gasteiger partial charge in [-0.15, -0.1) is 0 Å². The van der Waals surface area contributed by atoms with Crippen molar-refractivity contribution in [2.45, 2.75) is 57.9 Å². The van der Waals surface area contributed by atoms with Gasteiger partial charge in [0.2, 0.25) is 0 Å². The number of nitrogens with zero attached hydrogens (tertiary/aromatic N) is 1. The Morgan fingerprint density at radius 1 is 0.846 bits per heavy atom. The monoisotopic (exact) mass is 371 g/mol. The largest absolute Gasteiger partial charge is 0.370 e. The molecule has 26 heavy (non-hydrogen) atoms. The second kappa shape index (κ2) is 16.6. The van der Waals surface area contributed by atoms with Gasteiger partial charge in [-0.3, -0.25) is 14.6 Å². The van der Waals surface area contributed by atoms with E-state index in [0.29, 0.717) is 19.6 Å². The van der Waals surface area contributed by atoms with Crippen molar-refractivity contribution in [1.82, 2.24) is 16.0 Å².